The molecule has 1 heteroatoms. The van der Waals surface area contributed by atoms with Gasteiger partial charge in [-0.3, -0.25) is 4.79 Å². The van der Waals surface area contributed by atoms with Crippen LogP contribution in [0.3, 0.4) is 0 Å². The van der Waals surface area contributed by atoms with Gasteiger partial charge >= 0.3 is 0 Å². The standard InChI is InChI=1S/C30H56O/c1-7-13-16-19-24-30(23-11-5)27(21-17-14-8-2)26(20-10-4)25(12-6)29(31)28(30)22-18-15-9-3/h27-28H,7-24H2,1-6H3. The monoisotopic (exact) mass is 432 g/mol. The summed E-state index contributed by atoms with van der Waals surface area (Å²) in [6, 6.07) is 0. The molecule has 182 valence electrons. The van der Waals surface area contributed by atoms with Crippen LogP contribution in [0, 0.1) is 17.3 Å². The lowest BCUT2D eigenvalue weighted by Crippen LogP contribution is -2.47. The third kappa shape index (κ3) is 7.75. The molecular formula is C30H56O. The third-order valence-corrected chi connectivity index (χ3v) is 8.09. The molecule has 0 bridgehead atoms. The molecule has 0 aromatic heterocycles. The van der Waals surface area contributed by atoms with Gasteiger partial charge in [0.1, 0.15) is 0 Å². The van der Waals surface area contributed by atoms with Crippen molar-refractivity contribution in [2.75, 3.05) is 0 Å². The fraction of sp³-hybridized carbons (Fsp3) is 0.900. The van der Waals surface area contributed by atoms with Crippen LogP contribution in [0.5, 0.6) is 0 Å². The number of carbonyl (C=O) groups is 1. The Morgan fingerprint density at radius 1 is 0.613 bits per heavy atom. The zero-order valence-corrected chi connectivity index (χ0v) is 22.3. The summed E-state index contributed by atoms with van der Waals surface area (Å²) in [5.41, 5.74) is 3.08. The van der Waals surface area contributed by atoms with Crippen LogP contribution in [0.2, 0.25) is 0 Å². The van der Waals surface area contributed by atoms with E-state index < -0.39 is 0 Å². The summed E-state index contributed by atoms with van der Waals surface area (Å²) < 4.78 is 0. The normalized spacial score (nSPS) is 24.3. The zero-order valence-electron chi connectivity index (χ0n) is 22.3. The molecular weight excluding hydrogens is 376 g/mol. The lowest BCUT2D eigenvalue weighted by atomic mass is 9.51. The fourth-order valence-electron chi connectivity index (χ4n) is 6.67. The van der Waals surface area contributed by atoms with Crippen LogP contribution < -0.4 is 0 Å². The molecule has 0 N–H and O–H groups in total. The highest BCUT2D eigenvalue weighted by atomic mass is 16.1. The SMILES string of the molecule is CCCCCCC1(CCC)C(CCCCC)C(=O)C(CC)=C(CCC)C1CCCCC. The zero-order chi connectivity index (χ0) is 23.1. The first-order valence-electron chi connectivity index (χ1n) is 14.3. The Kier molecular flexibility index (Phi) is 14.8. The lowest BCUT2D eigenvalue weighted by molar-refractivity contribution is -0.128. The van der Waals surface area contributed by atoms with Crippen molar-refractivity contribution in [1.82, 2.24) is 0 Å². The van der Waals surface area contributed by atoms with E-state index in [4.69, 9.17) is 0 Å². The molecule has 0 aliphatic heterocycles. The van der Waals surface area contributed by atoms with Crippen molar-refractivity contribution in [2.24, 2.45) is 17.3 Å². The number of ketones is 1. The maximum atomic E-state index is 14.0. The third-order valence-electron chi connectivity index (χ3n) is 8.09. The molecule has 0 heterocycles. The van der Waals surface area contributed by atoms with Crippen molar-refractivity contribution in [2.45, 2.75) is 157 Å². The molecule has 3 atom stereocenters. The van der Waals surface area contributed by atoms with Crippen molar-refractivity contribution in [3.05, 3.63) is 11.1 Å². The molecule has 0 fully saturated rings. The minimum absolute atomic E-state index is 0.226. The minimum Gasteiger partial charge on any atom is -0.294 e. The minimum atomic E-state index is 0.226. The summed E-state index contributed by atoms with van der Waals surface area (Å²) in [5.74, 6) is 1.50. The Labute approximate surface area is 196 Å². The van der Waals surface area contributed by atoms with E-state index in [1.165, 1.54) is 102 Å². The predicted octanol–water partition coefficient (Wildman–Crippen LogP) is 10.2. The summed E-state index contributed by atoms with van der Waals surface area (Å²) >= 11 is 0. The van der Waals surface area contributed by atoms with E-state index in [9.17, 15) is 4.79 Å². The van der Waals surface area contributed by atoms with Gasteiger partial charge in [-0.15, -0.1) is 0 Å². The van der Waals surface area contributed by atoms with Crippen LogP contribution in [0.1, 0.15) is 157 Å². The largest absolute Gasteiger partial charge is 0.294 e. The molecule has 1 aliphatic carbocycles. The number of allylic oxidation sites excluding steroid dienone is 2. The maximum Gasteiger partial charge on any atom is 0.162 e. The molecule has 1 rings (SSSR count). The molecule has 0 aromatic carbocycles. The van der Waals surface area contributed by atoms with Crippen LogP contribution in [0.15, 0.2) is 11.1 Å². The quantitative estimate of drug-likeness (QED) is 0.197. The van der Waals surface area contributed by atoms with E-state index in [2.05, 4.69) is 41.5 Å². The van der Waals surface area contributed by atoms with Gasteiger partial charge in [-0.25, -0.2) is 0 Å². The van der Waals surface area contributed by atoms with Crippen LogP contribution >= 0.6 is 0 Å². The average molecular weight is 433 g/mol. The number of hydrogen-bond donors (Lipinski definition) is 0. The molecule has 3 unspecified atom stereocenters. The highest BCUT2D eigenvalue weighted by Crippen LogP contribution is 2.57. The van der Waals surface area contributed by atoms with E-state index in [1.54, 1.807) is 5.57 Å². The van der Waals surface area contributed by atoms with Gasteiger partial charge in [-0.2, -0.15) is 0 Å². The van der Waals surface area contributed by atoms with E-state index in [1.807, 2.05) is 0 Å². The van der Waals surface area contributed by atoms with Gasteiger partial charge in [-0.1, -0.05) is 124 Å². The van der Waals surface area contributed by atoms with Gasteiger partial charge < -0.3 is 0 Å². The number of Topliss-reactive ketones (excluding diaryl/α,β-unsaturated/α-hetero) is 1. The summed E-state index contributed by atoms with van der Waals surface area (Å²) in [4.78, 5) is 14.0. The molecule has 1 nitrogen and oxygen atoms in total. The molecule has 0 spiro atoms. The molecule has 0 saturated carbocycles. The van der Waals surface area contributed by atoms with Crippen LogP contribution in [0.4, 0.5) is 0 Å². The smallest absolute Gasteiger partial charge is 0.162 e. The summed E-state index contributed by atoms with van der Waals surface area (Å²) in [5, 5.41) is 0. The van der Waals surface area contributed by atoms with Crippen molar-refractivity contribution in [3.8, 4) is 0 Å². The average Bonchev–Trinajstić information content (AvgIpc) is 2.76. The second-order valence-electron chi connectivity index (χ2n) is 10.4. The molecule has 0 amide bonds. The van der Waals surface area contributed by atoms with Gasteiger partial charge in [0.2, 0.25) is 0 Å². The second-order valence-corrected chi connectivity index (χ2v) is 10.4. The van der Waals surface area contributed by atoms with Crippen LogP contribution in [-0.4, -0.2) is 5.78 Å². The van der Waals surface area contributed by atoms with Gasteiger partial charge in [-0.05, 0) is 55.4 Å². The number of carbonyl (C=O) groups excluding carboxylic acids is 1. The number of unbranched alkanes of at least 4 members (excludes halogenated alkanes) is 7. The maximum absolute atomic E-state index is 14.0. The van der Waals surface area contributed by atoms with E-state index in [-0.39, 0.29) is 11.3 Å². The van der Waals surface area contributed by atoms with Crippen LogP contribution in [0.25, 0.3) is 0 Å². The fourth-order valence-corrected chi connectivity index (χ4v) is 6.67. The predicted molar refractivity (Wildman–Crippen MR) is 139 cm³/mol. The topological polar surface area (TPSA) is 17.1 Å². The highest BCUT2D eigenvalue weighted by molar-refractivity contribution is 5.99. The Bertz CT molecular complexity index is 517. The van der Waals surface area contributed by atoms with Gasteiger partial charge in [0.15, 0.2) is 5.78 Å². The summed E-state index contributed by atoms with van der Waals surface area (Å²) in [6.45, 7) is 13.8. The molecule has 31 heavy (non-hydrogen) atoms. The van der Waals surface area contributed by atoms with E-state index >= 15 is 0 Å². The number of hydrogen-bond acceptors (Lipinski definition) is 1. The number of rotatable bonds is 18. The Morgan fingerprint density at radius 2 is 1.19 bits per heavy atom. The first kappa shape index (κ1) is 28.4. The van der Waals surface area contributed by atoms with E-state index in [0.717, 1.165) is 19.3 Å². The van der Waals surface area contributed by atoms with Gasteiger partial charge in [0.05, 0.1) is 0 Å². The Morgan fingerprint density at radius 3 is 1.71 bits per heavy atom. The first-order chi connectivity index (χ1) is 15.1. The first-order valence-corrected chi connectivity index (χ1v) is 14.3. The van der Waals surface area contributed by atoms with Crippen molar-refractivity contribution in [1.29, 1.82) is 0 Å². The van der Waals surface area contributed by atoms with Crippen molar-refractivity contribution < 1.29 is 4.79 Å². The summed E-state index contributed by atoms with van der Waals surface area (Å²) in [7, 11) is 0. The molecule has 0 radical (unpaired) electrons. The highest BCUT2D eigenvalue weighted by Gasteiger charge is 2.51. The molecule has 0 saturated heterocycles. The molecule has 0 aromatic rings. The van der Waals surface area contributed by atoms with E-state index in [0.29, 0.717) is 11.7 Å². The second kappa shape index (κ2) is 16.1. The Hall–Kier alpha value is -0.590. The van der Waals surface area contributed by atoms with Crippen LogP contribution in [-0.2, 0) is 4.79 Å². The lowest BCUT2D eigenvalue weighted by Gasteiger charge is -2.52. The Balaban J connectivity index is 3.48. The van der Waals surface area contributed by atoms with Gasteiger partial charge in [0.25, 0.3) is 0 Å². The van der Waals surface area contributed by atoms with Crippen molar-refractivity contribution in [3.63, 3.8) is 0 Å². The summed E-state index contributed by atoms with van der Waals surface area (Å²) in [6.07, 6.45) is 22.5. The van der Waals surface area contributed by atoms with Gasteiger partial charge in [0, 0.05) is 5.92 Å². The van der Waals surface area contributed by atoms with Crippen molar-refractivity contribution >= 4 is 5.78 Å². The molecule has 1 aliphatic rings.